The minimum Gasteiger partial charge on any atom is -0.492 e. The van der Waals surface area contributed by atoms with Gasteiger partial charge in [-0.2, -0.15) is 0 Å². The van der Waals surface area contributed by atoms with Crippen LogP contribution < -0.4 is 15.4 Å². The van der Waals surface area contributed by atoms with E-state index in [1.54, 1.807) is 0 Å². The molecule has 0 unspecified atom stereocenters. The van der Waals surface area contributed by atoms with Gasteiger partial charge in [-0.25, -0.2) is 0 Å². The molecule has 0 atom stereocenters. The first-order valence-corrected chi connectivity index (χ1v) is 9.88. The van der Waals surface area contributed by atoms with Crippen LogP contribution in [0.2, 0.25) is 0 Å². The number of hydrogen-bond donors (Lipinski definition) is 2. The molecule has 2 N–H and O–H groups in total. The Bertz CT molecular complexity index is 559. The predicted molar refractivity (Wildman–Crippen MR) is 102 cm³/mol. The second-order valence-electron chi connectivity index (χ2n) is 6.38. The third-order valence-corrected chi connectivity index (χ3v) is 4.94. The Kier molecular flexibility index (Phi) is 8.80. The van der Waals surface area contributed by atoms with E-state index >= 15 is 0 Å². The first kappa shape index (κ1) is 19.8. The molecule has 2 amide bonds. The molecule has 0 aliphatic heterocycles. The first-order chi connectivity index (χ1) is 12.1. The van der Waals surface area contributed by atoms with Gasteiger partial charge < -0.3 is 15.4 Å². The summed E-state index contributed by atoms with van der Waals surface area (Å²) in [6, 6.07) is 7.96. The lowest BCUT2D eigenvalue weighted by molar-refractivity contribution is -0.122. The zero-order chi connectivity index (χ0) is 17.9. The Morgan fingerprint density at radius 3 is 2.60 bits per heavy atom. The SMILES string of the molecule is O=C(CCCOc1ccccc1Br)NCCC(=O)NC1CCCCC1. The van der Waals surface area contributed by atoms with Gasteiger partial charge in [-0.3, -0.25) is 9.59 Å². The highest BCUT2D eigenvalue weighted by molar-refractivity contribution is 9.10. The van der Waals surface area contributed by atoms with Crippen LogP contribution in [0.15, 0.2) is 28.7 Å². The lowest BCUT2D eigenvalue weighted by Crippen LogP contribution is -2.38. The fourth-order valence-electron chi connectivity index (χ4n) is 2.93. The largest absolute Gasteiger partial charge is 0.492 e. The van der Waals surface area contributed by atoms with Gasteiger partial charge in [0, 0.05) is 25.4 Å². The molecule has 1 aliphatic rings. The second-order valence-corrected chi connectivity index (χ2v) is 7.24. The van der Waals surface area contributed by atoms with Crippen molar-refractivity contribution in [3.05, 3.63) is 28.7 Å². The summed E-state index contributed by atoms with van der Waals surface area (Å²) < 4.78 is 6.53. The number of halogens is 1. The van der Waals surface area contributed by atoms with Crippen molar-refractivity contribution < 1.29 is 14.3 Å². The quantitative estimate of drug-likeness (QED) is 0.611. The van der Waals surface area contributed by atoms with Crippen molar-refractivity contribution in [1.82, 2.24) is 10.6 Å². The van der Waals surface area contributed by atoms with Gasteiger partial charge in [-0.15, -0.1) is 0 Å². The average Bonchev–Trinajstić information content (AvgIpc) is 2.61. The summed E-state index contributed by atoms with van der Waals surface area (Å²) in [6.45, 7) is 0.876. The Balaban J connectivity index is 1.50. The highest BCUT2D eigenvalue weighted by Gasteiger charge is 2.15. The molecule has 1 aromatic rings. The number of para-hydroxylation sites is 1. The van der Waals surface area contributed by atoms with E-state index in [1.165, 1.54) is 19.3 Å². The van der Waals surface area contributed by atoms with E-state index in [0.717, 1.165) is 23.1 Å². The predicted octanol–water partition coefficient (Wildman–Crippen LogP) is 3.56. The maximum Gasteiger partial charge on any atom is 0.221 e. The fourth-order valence-corrected chi connectivity index (χ4v) is 3.33. The van der Waals surface area contributed by atoms with Gasteiger partial charge in [-0.05, 0) is 47.3 Å². The van der Waals surface area contributed by atoms with Gasteiger partial charge in [0.05, 0.1) is 11.1 Å². The van der Waals surface area contributed by atoms with Crippen LogP contribution in [0.4, 0.5) is 0 Å². The van der Waals surface area contributed by atoms with Crippen LogP contribution >= 0.6 is 15.9 Å². The minimum absolute atomic E-state index is 0.0319. The number of amides is 2. The summed E-state index contributed by atoms with van der Waals surface area (Å²) >= 11 is 3.42. The Morgan fingerprint density at radius 2 is 1.84 bits per heavy atom. The van der Waals surface area contributed by atoms with Crippen LogP contribution in [0.25, 0.3) is 0 Å². The molecular weight excluding hydrogens is 384 g/mol. The number of benzene rings is 1. The Labute approximate surface area is 158 Å². The van der Waals surface area contributed by atoms with E-state index in [4.69, 9.17) is 4.74 Å². The zero-order valence-corrected chi connectivity index (χ0v) is 16.1. The maximum atomic E-state index is 11.9. The minimum atomic E-state index is -0.0406. The first-order valence-electron chi connectivity index (χ1n) is 9.08. The van der Waals surface area contributed by atoms with Gasteiger partial charge in [0.2, 0.25) is 11.8 Å². The van der Waals surface area contributed by atoms with E-state index in [-0.39, 0.29) is 11.8 Å². The Hall–Kier alpha value is -1.56. The molecule has 6 heteroatoms. The molecule has 138 valence electrons. The summed E-state index contributed by atoms with van der Waals surface area (Å²) in [7, 11) is 0. The molecule has 0 aromatic heterocycles. The van der Waals surface area contributed by atoms with Gasteiger partial charge in [-0.1, -0.05) is 31.4 Å². The molecule has 1 fully saturated rings. The lowest BCUT2D eigenvalue weighted by Gasteiger charge is -2.22. The van der Waals surface area contributed by atoms with Gasteiger partial charge in [0.15, 0.2) is 0 Å². The van der Waals surface area contributed by atoms with Crippen molar-refractivity contribution in [1.29, 1.82) is 0 Å². The summed E-state index contributed by atoms with van der Waals surface area (Å²) in [6.07, 6.45) is 7.21. The number of carbonyl (C=O) groups is 2. The number of rotatable bonds is 9. The van der Waals surface area contributed by atoms with Gasteiger partial charge >= 0.3 is 0 Å². The van der Waals surface area contributed by atoms with Crippen LogP contribution in [0.3, 0.4) is 0 Å². The van der Waals surface area contributed by atoms with Crippen LogP contribution in [-0.2, 0) is 9.59 Å². The molecule has 25 heavy (non-hydrogen) atoms. The van der Waals surface area contributed by atoms with E-state index in [0.29, 0.717) is 38.5 Å². The van der Waals surface area contributed by atoms with Crippen molar-refractivity contribution >= 4 is 27.7 Å². The lowest BCUT2D eigenvalue weighted by atomic mass is 9.95. The normalized spacial score (nSPS) is 14.8. The number of carbonyl (C=O) groups excluding carboxylic acids is 2. The molecule has 1 aromatic carbocycles. The molecule has 5 nitrogen and oxygen atoms in total. The topological polar surface area (TPSA) is 67.4 Å². The molecule has 0 heterocycles. The number of hydrogen-bond acceptors (Lipinski definition) is 3. The molecule has 0 spiro atoms. The summed E-state index contributed by atoms with van der Waals surface area (Å²) in [5.41, 5.74) is 0. The van der Waals surface area contributed by atoms with Crippen molar-refractivity contribution in [2.45, 2.75) is 57.4 Å². The summed E-state index contributed by atoms with van der Waals surface area (Å²) in [5, 5.41) is 5.85. The van der Waals surface area contributed by atoms with Crippen LogP contribution in [-0.4, -0.2) is 31.0 Å². The molecule has 0 bridgehead atoms. The second kappa shape index (κ2) is 11.1. The third-order valence-electron chi connectivity index (χ3n) is 4.29. The van der Waals surface area contributed by atoms with Crippen molar-refractivity contribution in [2.75, 3.05) is 13.2 Å². The van der Waals surface area contributed by atoms with Crippen LogP contribution in [0.1, 0.15) is 51.4 Å². The molecular formula is C19H27BrN2O3. The highest BCUT2D eigenvalue weighted by atomic mass is 79.9. The Morgan fingerprint density at radius 1 is 1.08 bits per heavy atom. The molecule has 0 radical (unpaired) electrons. The average molecular weight is 411 g/mol. The van der Waals surface area contributed by atoms with Crippen molar-refractivity contribution in [3.63, 3.8) is 0 Å². The molecule has 2 rings (SSSR count). The van der Waals surface area contributed by atoms with Crippen LogP contribution in [0.5, 0.6) is 5.75 Å². The van der Waals surface area contributed by atoms with E-state index in [9.17, 15) is 9.59 Å². The monoisotopic (exact) mass is 410 g/mol. The molecule has 1 aliphatic carbocycles. The van der Waals surface area contributed by atoms with Gasteiger partial charge in [0.25, 0.3) is 0 Å². The number of nitrogens with one attached hydrogen (secondary N) is 2. The third kappa shape index (κ3) is 7.90. The van der Waals surface area contributed by atoms with E-state index in [1.807, 2.05) is 24.3 Å². The molecule has 0 saturated heterocycles. The van der Waals surface area contributed by atoms with Crippen molar-refractivity contribution in [3.8, 4) is 5.75 Å². The standard InChI is InChI=1S/C19H27BrN2O3/c20-16-9-4-5-10-17(16)25-14-6-11-18(23)21-13-12-19(24)22-15-7-2-1-3-8-15/h4-5,9-10,15H,1-3,6-8,11-14H2,(H,21,23)(H,22,24). The van der Waals surface area contributed by atoms with Crippen LogP contribution in [0, 0.1) is 0 Å². The highest BCUT2D eigenvalue weighted by Crippen LogP contribution is 2.23. The number of ether oxygens (including phenoxy) is 1. The van der Waals surface area contributed by atoms with E-state index < -0.39 is 0 Å². The zero-order valence-electron chi connectivity index (χ0n) is 14.6. The summed E-state index contributed by atoms with van der Waals surface area (Å²) in [4.78, 5) is 23.6. The summed E-state index contributed by atoms with van der Waals surface area (Å²) in [5.74, 6) is 0.771. The fraction of sp³-hybridized carbons (Fsp3) is 0.579. The van der Waals surface area contributed by atoms with E-state index in [2.05, 4.69) is 26.6 Å². The van der Waals surface area contributed by atoms with Crippen molar-refractivity contribution in [2.24, 2.45) is 0 Å². The smallest absolute Gasteiger partial charge is 0.221 e. The molecule has 1 saturated carbocycles. The maximum absolute atomic E-state index is 11.9. The van der Waals surface area contributed by atoms with Gasteiger partial charge in [0.1, 0.15) is 5.75 Å².